The van der Waals surface area contributed by atoms with E-state index in [9.17, 15) is 13.6 Å². The molecule has 0 spiro atoms. The van der Waals surface area contributed by atoms with Crippen molar-refractivity contribution in [2.45, 2.75) is 26.4 Å². The molecule has 0 bridgehead atoms. The molecule has 18 heavy (non-hydrogen) atoms. The minimum absolute atomic E-state index is 0.0439. The summed E-state index contributed by atoms with van der Waals surface area (Å²) in [5, 5.41) is 8.69. The number of aromatic carboxylic acids is 1. The zero-order valence-electron chi connectivity index (χ0n) is 10.3. The average molecular weight is 258 g/mol. The van der Waals surface area contributed by atoms with Crippen LogP contribution in [0.4, 0.5) is 8.78 Å². The third kappa shape index (κ3) is 4.07. The van der Waals surface area contributed by atoms with E-state index < -0.39 is 24.4 Å². The maximum Gasteiger partial charge on any atom is 0.335 e. The van der Waals surface area contributed by atoms with Crippen LogP contribution in [0.5, 0.6) is 0 Å². The first kappa shape index (κ1) is 14.6. The van der Waals surface area contributed by atoms with Gasteiger partial charge < -0.3 is 9.84 Å². The third-order valence-corrected chi connectivity index (χ3v) is 2.61. The standard InChI is InChI=1S/C13H16F2O3/c1-9(2)13(14,15)8-18-7-10-3-5-11(6-4-10)12(16)17/h3-6,9H,7-8H2,1-2H3,(H,16,17). The highest BCUT2D eigenvalue weighted by molar-refractivity contribution is 5.87. The van der Waals surface area contributed by atoms with Crippen molar-refractivity contribution in [2.24, 2.45) is 5.92 Å². The number of carboxylic acids is 1. The normalized spacial score (nSPS) is 11.8. The summed E-state index contributed by atoms with van der Waals surface area (Å²) in [5.74, 6) is -4.64. The van der Waals surface area contributed by atoms with Crippen molar-refractivity contribution in [3.8, 4) is 0 Å². The first-order valence-corrected chi connectivity index (χ1v) is 5.60. The summed E-state index contributed by atoms with van der Waals surface area (Å²) in [7, 11) is 0. The van der Waals surface area contributed by atoms with E-state index in [0.717, 1.165) is 0 Å². The number of hydrogen-bond donors (Lipinski definition) is 1. The molecule has 0 atom stereocenters. The molecule has 0 unspecified atom stereocenters. The molecule has 1 aromatic carbocycles. The first-order chi connectivity index (χ1) is 8.33. The van der Waals surface area contributed by atoms with Crippen molar-refractivity contribution < 1.29 is 23.4 Å². The molecule has 0 aliphatic rings. The SMILES string of the molecule is CC(C)C(F)(F)COCc1ccc(C(=O)O)cc1. The van der Waals surface area contributed by atoms with Gasteiger partial charge in [-0.05, 0) is 17.7 Å². The van der Waals surface area contributed by atoms with Crippen molar-refractivity contribution in [3.63, 3.8) is 0 Å². The molecule has 0 amide bonds. The summed E-state index contributed by atoms with van der Waals surface area (Å²) in [5.41, 5.74) is 0.825. The molecule has 1 N–H and O–H groups in total. The van der Waals surface area contributed by atoms with Gasteiger partial charge in [0.1, 0.15) is 6.61 Å². The van der Waals surface area contributed by atoms with Gasteiger partial charge in [-0.15, -0.1) is 0 Å². The molecule has 5 heteroatoms. The van der Waals surface area contributed by atoms with Crippen LogP contribution < -0.4 is 0 Å². The Morgan fingerprint density at radius 3 is 2.33 bits per heavy atom. The monoisotopic (exact) mass is 258 g/mol. The fourth-order valence-electron chi connectivity index (χ4n) is 1.22. The number of halogens is 2. The van der Waals surface area contributed by atoms with Crippen molar-refractivity contribution in [3.05, 3.63) is 35.4 Å². The molecule has 0 saturated heterocycles. The molecular formula is C13H16F2O3. The van der Waals surface area contributed by atoms with Gasteiger partial charge in [0, 0.05) is 5.92 Å². The molecule has 0 saturated carbocycles. The molecule has 0 aliphatic carbocycles. The fraction of sp³-hybridized carbons (Fsp3) is 0.462. The van der Waals surface area contributed by atoms with Crippen LogP contribution in [0.1, 0.15) is 29.8 Å². The number of carboxylic acid groups (broad SMARTS) is 1. The number of ether oxygens (including phenoxy) is 1. The predicted molar refractivity (Wildman–Crippen MR) is 62.8 cm³/mol. The Kier molecular flexibility index (Phi) is 4.78. The van der Waals surface area contributed by atoms with Gasteiger partial charge in [0.05, 0.1) is 12.2 Å². The van der Waals surface area contributed by atoms with Crippen LogP contribution in [0.3, 0.4) is 0 Å². The molecular weight excluding hydrogens is 242 g/mol. The third-order valence-electron chi connectivity index (χ3n) is 2.61. The van der Waals surface area contributed by atoms with E-state index in [1.54, 1.807) is 12.1 Å². The Bertz CT molecular complexity index is 399. The highest BCUT2D eigenvalue weighted by Crippen LogP contribution is 2.24. The lowest BCUT2D eigenvalue weighted by molar-refractivity contribution is -0.112. The van der Waals surface area contributed by atoms with E-state index >= 15 is 0 Å². The second-order valence-electron chi connectivity index (χ2n) is 4.41. The maximum absolute atomic E-state index is 13.2. The Morgan fingerprint density at radius 2 is 1.89 bits per heavy atom. The quantitative estimate of drug-likeness (QED) is 0.852. The number of carbonyl (C=O) groups is 1. The van der Waals surface area contributed by atoms with Gasteiger partial charge in [0.2, 0.25) is 0 Å². The zero-order valence-corrected chi connectivity index (χ0v) is 10.3. The van der Waals surface area contributed by atoms with Crippen LogP contribution in [0.25, 0.3) is 0 Å². The van der Waals surface area contributed by atoms with E-state index in [-0.39, 0.29) is 12.2 Å². The Morgan fingerprint density at radius 1 is 1.33 bits per heavy atom. The molecule has 3 nitrogen and oxygen atoms in total. The van der Waals surface area contributed by atoms with Crippen LogP contribution in [-0.4, -0.2) is 23.6 Å². The van der Waals surface area contributed by atoms with Crippen LogP contribution >= 0.6 is 0 Å². The number of alkyl halides is 2. The second kappa shape index (κ2) is 5.91. The van der Waals surface area contributed by atoms with Crippen molar-refractivity contribution >= 4 is 5.97 Å². The average Bonchev–Trinajstić information content (AvgIpc) is 2.29. The first-order valence-electron chi connectivity index (χ1n) is 5.60. The van der Waals surface area contributed by atoms with E-state index in [4.69, 9.17) is 9.84 Å². The Balaban J connectivity index is 2.47. The molecule has 0 aromatic heterocycles. The topological polar surface area (TPSA) is 46.5 Å². The van der Waals surface area contributed by atoms with Gasteiger partial charge in [-0.25, -0.2) is 13.6 Å². The van der Waals surface area contributed by atoms with Crippen LogP contribution in [0.15, 0.2) is 24.3 Å². The van der Waals surface area contributed by atoms with E-state index in [0.29, 0.717) is 5.56 Å². The number of benzene rings is 1. The Hall–Kier alpha value is -1.49. The van der Waals surface area contributed by atoms with E-state index in [1.165, 1.54) is 26.0 Å². The lowest BCUT2D eigenvalue weighted by Gasteiger charge is -2.20. The highest BCUT2D eigenvalue weighted by Gasteiger charge is 2.33. The lowest BCUT2D eigenvalue weighted by atomic mass is 10.1. The van der Waals surface area contributed by atoms with Gasteiger partial charge in [-0.2, -0.15) is 0 Å². The summed E-state index contributed by atoms with van der Waals surface area (Å²) in [6.45, 7) is 2.28. The minimum atomic E-state index is -2.85. The van der Waals surface area contributed by atoms with Gasteiger partial charge in [-0.1, -0.05) is 26.0 Å². The number of hydrogen-bond acceptors (Lipinski definition) is 2. The van der Waals surface area contributed by atoms with E-state index in [1.807, 2.05) is 0 Å². The molecule has 0 aliphatic heterocycles. The smallest absolute Gasteiger partial charge is 0.335 e. The summed E-state index contributed by atoms with van der Waals surface area (Å²) >= 11 is 0. The molecule has 0 fully saturated rings. The van der Waals surface area contributed by atoms with Crippen molar-refractivity contribution in [1.29, 1.82) is 0 Å². The summed E-state index contributed by atoms with van der Waals surface area (Å²) in [6.07, 6.45) is 0. The summed E-state index contributed by atoms with van der Waals surface area (Å²) < 4.78 is 31.4. The molecule has 1 aromatic rings. The van der Waals surface area contributed by atoms with Gasteiger partial charge in [0.25, 0.3) is 5.92 Å². The predicted octanol–water partition coefficient (Wildman–Crippen LogP) is 3.19. The van der Waals surface area contributed by atoms with E-state index in [2.05, 4.69) is 0 Å². The van der Waals surface area contributed by atoms with Crippen LogP contribution in [0, 0.1) is 5.92 Å². The van der Waals surface area contributed by atoms with Crippen LogP contribution in [0.2, 0.25) is 0 Å². The Labute approximate surface area is 104 Å². The molecule has 0 heterocycles. The zero-order chi connectivity index (χ0) is 13.8. The molecule has 0 radical (unpaired) electrons. The van der Waals surface area contributed by atoms with Gasteiger partial charge in [-0.3, -0.25) is 0 Å². The van der Waals surface area contributed by atoms with Gasteiger partial charge in [0.15, 0.2) is 0 Å². The van der Waals surface area contributed by atoms with Crippen LogP contribution in [-0.2, 0) is 11.3 Å². The summed E-state index contributed by atoms with van der Waals surface area (Å²) in [6, 6.07) is 5.94. The van der Waals surface area contributed by atoms with Crippen molar-refractivity contribution in [2.75, 3.05) is 6.61 Å². The van der Waals surface area contributed by atoms with Crippen molar-refractivity contribution in [1.82, 2.24) is 0 Å². The number of rotatable bonds is 6. The largest absolute Gasteiger partial charge is 0.478 e. The molecule has 100 valence electrons. The minimum Gasteiger partial charge on any atom is -0.478 e. The molecule has 1 rings (SSSR count). The lowest BCUT2D eigenvalue weighted by Crippen LogP contribution is -2.29. The summed E-state index contributed by atoms with van der Waals surface area (Å²) in [4.78, 5) is 10.6. The maximum atomic E-state index is 13.2. The fourth-order valence-corrected chi connectivity index (χ4v) is 1.22. The second-order valence-corrected chi connectivity index (χ2v) is 4.41. The highest BCUT2D eigenvalue weighted by atomic mass is 19.3. The van der Waals surface area contributed by atoms with Gasteiger partial charge >= 0.3 is 5.97 Å².